The molecule has 31 heavy (non-hydrogen) atoms. The first kappa shape index (κ1) is 22.8. The minimum Gasteiger partial charge on any atom is -0.493 e. The SMILES string of the molecule is CCOC(=O)CN(C)CCOc1cc2ncnc(Nc3cccc(Br)c3)c2cc1OC. The number of rotatable bonds is 10. The molecule has 3 aromatic rings. The Kier molecular flexibility index (Phi) is 8.02. The zero-order chi connectivity index (χ0) is 22.2. The lowest BCUT2D eigenvalue weighted by atomic mass is 10.2. The topological polar surface area (TPSA) is 85.8 Å². The van der Waals surface area contributed by atoms with Crippen LogP contribution in [-0.4, -0.2) is 61.3 Å². The summed E-state index contributed by atoms with van der Waals surface area (Å²) in [4.78, 5) is 22.2. The number of aromatic nitrogens is 2. The Morgan fingerprint density at radius 1 is 1.19 bits per heavy atom. The van der Waals surface area contributed by atoms with E-state index in [1.807, 2.05) is 48.3 Å². The lowest BCUT2D eigenvalue weighted by Crippen LogP contribution is -2.31. The van der Waals surface area contributed by atoms with Crippen LogP contribution in [0.15, 0.2) is 47.2 Å². The molecule has 0 fully saturated rings. The molecular formula is C22H25BrN4O4. The standard InChI is InChI=1S/C22H25BrN4O4/c1-4-30-21(28)13-27(2)8-9-31-20-12-18-17(11-19(20)29-3)22(25-14-24-18)26-16-7-5-6-15(23)10-16/h5-7,10-12,14H,4,8-9,13H2,1-3H3,(H,24,25,26). The first-order chi connectivity index (χ1) is 15.0. The molecule has 8 nitrogen and oxygen atoms in total. The number of likely N-dealkylation sites (N-methyl/N-ethyl adjacent to an activating group) is 1. The van der Waals surface area contributed by atoms with Gasteiger partial charge in [-0.05, 0) is 38.2 Å². The number of hydrogen-bond donors (Lipinski definition) is 1. The summed E-state index contributed by atoms with van der Waals surface area (Å²) in [5.74, 6) is 1.57. The first-order valence-electron chi connectivity index (χ1n) is 9.82. The number of fused-ring (bicyclic) bond motifs is 1. The predicted molar refractivity (Wildman–Crippen MR) is 123 cm³/mol. The van der Waals surface area contributed by atoms with E-state index in [1.165, 1.54) is 6.33 Å². The van der Waals surface area contributed by atoms with Gasteiger partial charge >= 0.3 is 5.97 Å². The normalized spacial score (nSPS) is 10.9. The Bertz CT molecular complexity index is 1050. The second kappa shape index (κ2) is 10.9. The number of carbonyl (C=O) groups is 1. The molecular weight excluding hydrogens is 464 g/mol. The van der Waals surface area contributed by atoms with E-state index in [9.17, 15) is 4.79 Å². The van der Waals surface area contributed by atoms with Gasteiger partial charge in [0.15, 0.2) is 11.5 Å². The highest BCUT2D eigenvalue weighted by molar-refractivity contribution is 9.10. The maximum atomic E-state index is 11.6. The molecule has 0 aliphatic carbocycles. The van der Waals surface area contributed by atoms with Crippen molar-refractivity contribution in [3.05, 3.63) is 47.2 Å². The Labute approximate surface area is 189 Å². The highest BCUT2D eigenvalue weighted by Crippen LogP contribution is 2.34. The monoisotopic (exact) mass is 488 g/mol. The summed E-state index contributed by atoms with van der Waals surface area (Å²) in [5.41, 5.74) is 1.63. The van der Waals surface area contributed by atoms with Gasteiger partial charge in [-0.25, -0.2) is 9.97 Å². The van der Waals surface area contributed by atoms with Crippen molar-refractivity contribution in [2.24, 2.45) is 0 Å². The average Bonchev–Trinajstić information content (AvgIpc) is 2.73. The minimum absolute atomic E-state index is 0.212. The van der Waals surface area contributed by atoms with Crippen LogP contribution in [0.1, 0.15) is 6.92 Å². The molecule has 0 amide bonds. The number of carbonyl (C=O) groups excluding carboxylic acids is 1. The molecule has 0 aliphatic rings. The Morgan fingerprint density at radius 3 is 2.77 bits per heavy atom. The molecule has 0 atom stereocenters. The number of ether oxygens (including phenoxy) is 3. The highest BCUT2D eigenvalue weighted by Gasteiger charge is 2.13. The van der Waals surface area contributed by atoms with Crippen LogP contribution < -0.4 is 14.8 Å². The van der Waals surface area contributed by atoms with Crippen LogP contribution in [0, 0.1) is 0 Å². The van der Waals surface area contributed by atoms with Crippen LogP contribution in [0.5, 0.6) is 11.5 Å². The Balaban J connectivity index is 1.74. The second-order valence-corrected chi connectivity index (χ2v) is 7.68. The van der Waals surface area contributed by atoms with E-state index < -0.39 is 0 Å². The molecule has 3 rings (SSSR count). The third-order valence-electron chi connectivity index (χ3n) is 4.44. The lowest BCUT2D eigenvalue weighted by Gasteiger charge is -2.17. The summed E-state index contributed by atoms with van der Waals surface area (Å²) in [6.45, 7) is 3.31. The lowest BCUT2D eigenvalue weighted by molar-refractivity contribution is -0.144. The highest BCUT2D eigenvalue weighted by atomic mass is 79.9. The summed E-state index contributed by atoms with van der Waals surface area (Å²) in [5, 5.41) is 4.13. The summed E-state index contributed by atoms with van der Waals surface area (Å²) < 4.78 is 17.4. The van der Waals surface area contributed by atoms with E-state index in [-0.39, 0.29) is 12.5 Å². The van der Waals surface area contributed by atoms with E-state index in [0.29, 0.717) is 37.1 Å². The van der Waals surface area contributed by atoms with E-state index in [1.54, 1.807) is 14.0 Å². The van der Waals surface area contributed by atoms with Crippen molar-refractivity contribution < 1.29 is 19.0 Å². The van der Waals surface area contributed by atoms with Gasteiger partial charge in [-0.2, -0.15) is 0 Å². The largest absolute Gasteiger partial charge is 0.493 e. The number of esters is 1. The van der Waals surface area contributed by atoms with Gasteiger partial charge in [0.05, 0.1) is 25.8 Å². The molecule has 164 valence electrons. The van der Waals surface area contributed by atoms with Gasteiger partial charge in [0.1, 0.15) is 18.8 Å². The van der Waals surface area contributed by atoms with Crippen molar-refractivity contribution in [1.82, 2.24) is 14.9 Å². The van der Waals surface area contributed by atoms with Gasteiger partial charge < -0.3 is 19.5 Å². The van der Waals surface area contributed by atoms with Crippen molar-refractivity contribution in [2.75, 3.05) is 45.8 Å². The smallest absolute Gasteiger partial charge is 0.320 e. The fourth-order valence-electron chi connectivity index (χ4n) is 2.96. The molecule has 1 aromatic heterocycles. The summed E-state index contributed by atoms with van der Waals surface area (Å²) >= 11 is 3.47. The summed E-state index contributed by atoms with van der Waals surface area (Å²) in [6, 6.07) is 11.5. The number of hydrogen-bond acceptors (Lipinski definition) is 8. The Hall–Kier alpha value is -2.91. The van der Waals surface area contributed by atoms with Gasteiger partial charge in [-0.1, -0.05) is 22.0 Å². The fraction of sp³-hybridized carbons (Fsp3) is 0.318. The number of halogens is 1. The zero-order valence-electron chi connectivity index (χ0n) is 17.7. The van der Waals surface area contributed by atoms with Crippen LogP contribution in [0.2, 0.25) is 0 Å². The quantitative estimate of drug-likeness (QED) is 0.428. The van der Waals surface area contributed by atoms with E-state index in [0.717, 1.165) is 21.1 Å². The molecule has 1 N–H and O–H groups in total. The fourth-order valence-corrected chi connectivity index (χ4v) is 3.36. The predicted octanol–water partition coefficient (Wildman–Crippen LogP) is 4.02. The number of anilines is 2. The maximum Gasteiger partial charge on any atom is 0.320 e. The van der Waals surface area contributed by atoms with Crippen LogP contribution in [0.3, 0.4) is 0 Å². The molecule has 9 heteroatoms. The zero-order valence-corrected chi connectivity index (χ0v) is 19.3. The maximum absolute atomic E-state index is 11.6. The van der Waals surface area contributed by atoms with Gasteiger partial charge in [-0.3, -0.25) is 9.69 Å². The van der Waals surface area contributed by atoms with Crippen molar-refractivity contribution in [1.29, 1.82) is 0 Å². The molecule has 0 aliphatic heterocycles. The van der Waals surface area contributed by atoms with Crippen molar-refractivity contribution in [3.8, 4) is 11.5 Å². The number of benzene rings is 2. The van der Waals surface area contributed by atoms with Crippen LogP contribution in [0.25, 0.3) is 10.9 Å². The molecule has 0 bridgehead atoms. The number of methoxy groups -OCH3 is 1. The van der Waals surface area contributed by atoms with Crippen LogP contribution in [0.4, 0.5) is 11.5 Å². The molecule has 1 heterocycles. The molecule has 0 radical (unpaired) electrons. The third-order valence-corrected chi connectivity index (χ3v) is 4.94. The summed E-state index contributed by atoms with van der Waals surface area (Å²) in [7, 11) is 3.43. The second-order valence-electron chi connectivity index (χ2n) is 6.77. The van der Waals surface area contributed by atoms with Gasteiger partial charge in [0.2, 0.25) is 0 Å². The van der Waals surface area contributed by atoms with E-state index in [4.69, 9.17) is 14.2 Å². The van der Waals surface area contributed by atoms with E-state index >= 15 is 0 Å². The molecule has 0 unspecified atom stereocenters. The van der Waals surface area contributed by atoms with Crippen LogP contribution in [-0.2, 0) is 9.53 Å². The van der Waals surface area contributed by atoms with Crippen molar-refractivity contribution in [2.45, 2.75) is 6.92 Å². The molecule has 0 saturated heterocycles. The summed E-state index contributed by atoms with van der Waals surface area (Å²) in [6.07, 6.45) is 1.51. The average molecular weight is 489 g/mol. The van der Waals surface area contributed by atoms with Gasteiger partial charge in [-0.15, -0.1) is 0 Å². The number of nitrogens with zero attached hydrogens (tertiary/aromatic N) is 3. The molecule has 0 spiro atoms. The van der Waals surface area contributed by atoms with E-state index in [2.05, 4.69) is 31.2 Å². The van der Waals surface area contributed by atoms with Gasteiger partial charge in [0.25, 0.3) is 0 Å². The van der Waals surface area contributed by atoms with Gasteiger partial charge in [0, 0.05) is 28.2 Å². The third kappa shape index (κ3) is 6.28. The number of nitrogens with one attached hydrogen (secondary N) is 1. The molecule has 2 aromatic carbocycles. The van der Waals surface area contributed by atoms with Crippen LogP contribution >= 0.6 is 15.9 Å². The van der Waals surface area contributed by atoms with Crippen molar-refractivity contribution in [3.63, 3.8) is 0 Å². The van der Waals surface area contributed by atoms with Crippen molar-refractivity contribution >= 4 is 44.3 Å². The molecule has 0 saturated carbocycles. The Morgan fingerprint density at radius 2 is 2.03 bits per heavy atom. The first-order valence-corrected chi connectivity index (χ1v) is 10.6. The minimum atomic E-state index is -0.254.